The van der Waals surface area contributed by atoms with Crippen LogP contribution in [0.5, 0.6) is 0 Å². The Kier molecular flexibility index (Phi) is 25.6. The van der Waals surface area contributed by atoms with Gasteiger partial charge in [-0.3, -0.25) is 38.5 Å². The third kappa shape index (κ3) is 19.3. The molecule has 3 heterocycles. The monoisotopic (exact) mass is 1150 g/mol. The molecule has 0 aliphatic carbocycles. The summed E-state index contributed by atoms with van der Waals surface area (Å²) in [4.78, 5) is 122. The van der Waals surface area contributed by atoms with E-state index >= 15 is 0 Å². The van der Waals surface area contributed by atoms with Gasteiger partial charge in [0.1, 0.15) is 17.7 Å². The minimum absolute atomic E-state index is 0.0270. The van der Waals surface area contributed by atoms with Gasteiger partial charge in [0.25, 0.3) is 11.8 Å². The first kappa shape index (κ1) is 66.9. The Balaban J connectivity index is 1.21. The van der Waals surface area contributed by atoms with Crippen molar-refractivity contribution >= 4 is 59.1 Å². The number of likely N-dealkylation sites (N-methyl/N-ethyl adjacent to an activating group) is 1. The van der Waals surface area contributed by atoms with Crippen molar-refractivity contribution in [2.24, 2.45) is 22.7 Å². The molecule has 0 aromatic heterocycles. The predicted molar refractivity (Wildman–Crippen MR) is 319 cm³/mol. The Morgan fingerprint density at radius 3 is 2.00 bits per heavy atom. The fourth-order valence-electron chi connectivity index (χ4n) is 11.0. The van der Waals surface area contributed by atoms with E-state index in [1.165, 1.54) is 24.2 Å². The van der Waals surface area contributed by atoms with E-state index in [0.717, 1.165) is 11.1 Å². The molecule has 2 fully saturated rings. The summed E-state index contributed by atoms with van der Waals surface area (Å²) in [5.41, 5.74) is 1.55. The minimum Gasteiger partial charge on any atom is -0.444 e. The Labute approximate surface area is 492 Å². The van der Waals surface area contributed by atoms with Gasteiger partial charge >= 0.3 is 6.09 Å². The molecule has 21 nitrogen and oxygen atoms in total. The van der Waals surface area contributed by atoms with Crippen molar-refractivity contribution in [3.8, 4) is 0 Å². The fraction of sp³-hybridized carbons (Fsp3) is 0.629. The summed E-state index contributed by atoms with van der Waals surface area (Å²) in [5, 5.41) is 8.88. The number of guanidine groups is 1. The first-order valence-electron chi connectivity index (χ1n) is 29.5. The molecule has 83 heavy (non-hydrogen) atoms. The van der Waals surface area contributed by atoms with Gasteiger partial charge in [-0.25, -0.2) is 9.79 Å². The Bertz CT molecular complexity index is 2540. The summed E-state index contributed by atoms with van der Waals surface area (Å²) in [6.45, 7) is 18.3. The lowest BCUT2D eigenvalue weighted by atomic mass is 9.89. The molecule has 2 saturated heterocycles. The van der Waals surface area contributed by atoms with Crippen molar-refractivity contribution in [3.63, 3.8) is 0 Å². The van der Waals surface area contributed by atoms with E-state index in [0.29, 0.717) is 95.9 Å². The fourth-order valence-corrected chi connectivity index (χ4v) is 11.0. The van der Waals surface area contributed by atoms with Gasteiger partial charge in [-0.1, -0.05) is 89.9 Å². The first-order chi connectivity index (χ1) is 39.4. The molecule has 0 bridgehead atoms. The molecule has 3 unspecified atom stereocenters. The van der Waals surface area contributed by atoms with Crippen LogP contribution in [0.15, 0.2) is 71.7 Å². The van der Waals surface area contributed by atoms with Gasteiger partial charge in [0.05, 0.1) is 36.6 Å². The molecule has 458 valence electrons. The molecule has 3 N–H and O–H groups in total. The van der Waals surface area contributed by atoms with Crippen LogP contribution in [0.2, 0.25) is 0 Å². The lowest BCUT2D eigenvalue weighted by Crippen LogP contribution is -2.56. The van der Waals surface area contributed by atoms with Gasteiger partial charge in [-0.05, 0) is 81.5 Å². The number of nitrogens with one attached hydrogen (secondary N) is 3. The van der Waals surface area contributed by atoms with Crippen LogP contribution < -0.4 is 16.0 Å². The number of rotatable bonds is 27. The molecule has 0 radical (unpaired) electrons. The highest BCUT2D eigenvalue weighted by atomic mass is 16.6. The van der Waals surface area contributed by atoms with E-state index in [1.54, 1.807) is 60.0 Å². The number of hydrogen-bond donors (Lipinski definition) is 3. The normalized spacial score (nSPS) is 18.3. The molecule has 0 spiro atoms. The summed E-state index contributed by atoms with van der Waals surface area (Å²) in [7, 11) is 8.64. The zero-order valence-electron chi connectivity index (χ0n) is 51.5. The average Bonchev–Trinajstić information content (AvgIpc) is 4.27. The number of ether oxygens (including phenoxy) is 3. The van der Waals surface area contributed by atoms with Crippen LogP contribution in [0.3, 0.4) is 0 Å². The van der Waals surface area contributed by atoms with Crippen molar-refractivity contribution in [2.75, 3.05) is 79.9 Å². The van der Waals surface area contributed by atoms with Crippen LogP contribution in [0.1, 0.15) is 118 Å². The SMILES string of the molecule is CC[C@H](C)[C@@H]([C@@H](CC(=O)N1CCCC1[C@H](OC)[C@@H](C)C(=O)NC(Cc1ccccc1)C(=O)Nc1ccc(CNC(=O)CCCCCN2C(=O)C=CC2=O)cc1)OC)N(C)C(=O)C(N=C(N(C)C)N1CCN(C(=O)OC(C)(C)C)CC1)C(C)C. The summed E-state index contributed by atoms with van der Waals surface area (Å²) >= 11 is 0. The quantitative estimate of drug-likeness (QED) is 0.0412. The second kappa shape index (κ2) is 31.7. The summed E-state index contributed by atoms with van der Waals surface area (Å²) in [5.74, 6) is -2.38. The Hall–Kier alpha value is -6.87. The topological polar surface area (TPSA) is 232 Å². The number of imide groups is 1. The van der Waals surface area contributed by atoms with E-state index in [1.807, 2.05) is 90.9 Å². The molecule has 8 atom stereocenters. The largest absolute Gasteiger partial charge is 0.444 e. The van der Waals surface area contributed by atoms with Crippen molar-refractivity contribution in [2.45, 2.75) is 162 Å². The van der Waals surface area contributed by atoms with Gasteiger partial charge in [-0.2, -0.15) is 0 Å². The number of nitrogens with zero attached hydrogens (tertiary/aromatic N) is 7. The highest BCUT2D eigenvalue weighted by molar-refractivity contribution is 6.12. The lowest BCUT2D eigenvalue weighted by Gasteiger charge is -2.41. The zero-order chi connectivity index (χ0) is 61.1. The molecule has 2 aromatic carbocycles. The van der Waals surface area contributed by atoms with Gasteiger partial charge in [0.2, 0.25) is 29.5 Å². The minimum atomic E-state index is -0.977. The Morgan fingerprint density at radius 1 is 0.783 bits per heavy atom. The highest BCUT2D eigenvalue weighted by Gasteiger charge is 2.43. The number of carbonyl (C=O) groups is 8. The first-order valence-corrected chi connectivity index (χ1v) is 29.5. The average molecular weight is 1160 g/mol. The van der Waals surface area contributed by atoms with E-state index < -0.39 is 59.7 Å². The Morgan fingerprint density at radius 2 is 1.42 bits per heavy atom. The van der Waals surface area contributed by atoms with Crippen molar-refractivity contribution < 1.29 is 52.6 Å². The summed E-state index contributed by atoms with van der Waals surface area (Å²) in [6.07, 6.45) is 5.13. The molecule has 0 saturated carbocycles. The number of aliphatic imine (C=N–C) groups is 1. The van der Waals surface area contributed by atoms with Gasteiger partial charge in [0, 0.05) is 112 Å². The molecule has 8 amide bonds. The van der Waals surface area contributed by atoms with Crippen LogP contribution in [0, 0.1) is 17.8 Å². The van der Waals surface area contributed by atoms with E-state index in [4.69, 9.17) is 19.2 Å². The maximum atomic E-state index is 14.8. The molecular weight excluding hydrogens is 1060 g/mol. The highest BCUT2D eigenvalue weighted by Crippen LogP contribution is 2.30. The predicted octanol–water partition coefficient (Wildman–Crippen LogP) is 5.87. The van der Waals surface area contributed by atoms with Crippen molar-refractivity contribution in [3.05, 3.63) is 77.9 Å². The van der Waals surface area contributed by atoms with Crippen LogP contribution in [0.4, 0.5) is 10.5 Å². The zero-order valence-corrected chi connectivity index (χ0v) is 51.5. The second-order valence-corrected chi connectivity index (χ2v) is 23.7. The molecule has 5 rings (SSSR count). The number of methoxy groups -OCH3 is 2. The molecule has 3 aliphatic rings. The number of amides is 8. The number of benzene rings is 2. The summed E-state index contributed by atoms with van der Waals surface area (Å²) < 4.78 is 17.9. The van der Waals surface area contributed by atoms with E-state index in [2.05, 4.69) is 27.8 Å². The van der Waals surface area contributed by atoms with Crippen LogP contribution in [-0.4, -0.2) is 199 Å². The van der Waals surface area contributed by atoms with Crippen LogP contribution in [-0.2, 0) is 60.7 Å². The number of carbonyl (C=O) groups excluding carboxylic acids is 8. The summed E-state index contributed by atoms with van der Waals surface area (Å²) in [6, 6.07) is 13.8. The lowest BCUT2D eigenvalue weighted by molar-refractivity contribution is -0.146. The second-order valence-electron chi connectivity index (χ2n) is 23.7. The van der Waals surface area contributed by atoms with Gasteiger partial charge in [-0.15, -0.1) is 0 Å². The maximum Gasteiger partial charge on any atom is 0.410 e. The standard InChI is InChI=1S/C62H94N10O11/c1-14-42(4)55(68(11)59(79)54(41(2)3)66-60(67(9)10)69-34-36-70(37-35-69)61(80)83-62(6,7)8)49(81-12)39-53(76)71-33-21-24-48(71)56(82-13)43(5)57(77)65-47(38-44-22-17-15-18-23-44)58(78)64-46-28-26-45(27-29-46)40-63-50(73)25-19-16-20-32-72-51(74)30-31-52(72)75/h15,17-18,22-23,26-31,41-43,47-49,54-56H,14,16,19-21,24-25,32-40H2,1-13H3,(H,63,73)(H,64,78)(H,65,77)/t42-,43+,47?,48?,49+,54?,55-,56+/m0/s1. The van der Waals surface area contributed by atoms with Crippen LogP contribution >= 0.6 is 0 Å². The third-order valence-electron chi connectivity index (χ3n) is 15.8. The number of likely N-dealkylation sites (tertiary alicyclic amines) is 1. The van der Waals surface area contributed by atoms with Crippen LogP contribution in [0.25, 0.3) is 0 Å². The van der Waals surface area contributed by atoms with Crippen molar-refractivity contribution in [1.29, 1.82) is 0 Å². The number of hydrogen-bond acceptors (Lipinski definition) is 12. The molecule has 2 aromatic rings. The third-order valence-corrected chi connectivity index (χ3v) is 15.8. The molecular formula is C62H94N10O11. The number of anilines is 1. The number of piperazine rings is 1. The van der Waals surface area contributed by atoms with Crippen molar-refractivity contribution in [1.82, 2.24) is 40.0 Å². The smallest absolute Gasteiger partial charge is 0.410 e. The van der Waals surface area contributed by atoms with Gasteiger partial charge < -0.3 is 54.7 Å². The molecule has 21 heteroatoms. The van der Waals surface area contributed by atoms with E-state index in [-0.39, 0.29) is 66.9 Å². The van der Waals surface area contributed by atoms with Gasteiger partial charge in [0.15, 0.2) is 5.96 Å². The molecule has 3 aliphatic heterocycles. The van der Waals surface area contributed by atoms with E-state index in [9.17, 15) is 38.4 Å². The number of unbranched alkanes of at least 4 members (excludes halogenated alkanes) is 2. The maximum absolute atomic E-state index is 14.8.